The van der Waals surface area contributed by atoms with E-state index in [4.69, 9.17) is 0 Å². The molecule has 1 aliphatic heterocycles. The van der Waals surface area contributed by atoms with E-state index in [1.54, 1.807) is 11.1 Å². The second kappa shape index (κ2) is 5.28. The Morgan fingerprint density at radius 1 is 1.21 bits per heavy atom. The van der Waals surface area contributed by atoms with Crippen molar-refractivity contribution in [3.8, 4) is 0 Å². The molecule has 2 rings (SSSR count). The lowest BCUT2D eigenvalue weighted by Crippen LogP contribution is -2.33. The minimum atomic E-state index is 0.234. The van der Waals surface area contributed by atoms with Gasteiger partial charge in [-0.2, -0.15) is 0 Å². The average molecular weight is 259 g/mol. The summed E-state index contributed by atoms with van der Waals surface area (Å²) >= 11 is 0. The number of rotatable bonds is 2. The maximum Gasteiger partial charge on any atom is 0.0325 e. The monoisotopic (exact) mass is 259 g/mol. The zero-order valence-electron chi connectivity index (χ0n) is 13.4. The first-order valence-corrected chi connectivity index (χ1v) is 7.66. The number of benzene rings is 1. The Morgan fingerprint density at radius 2 is 1.89 bits per heavy atom. The lowest BCUT2D eigenvalue weighted by Gasteiger charge is -2.34. The quantitative estimate of drug-likeness (QED) is 0.806. The molecule has 0 saturated heterocycles. The predicted octanol–water partition coefficient (Wildman–Crippen LogP) is 4.78. The molecular formula is C18H29N. The number of hydrogen-bond donors (Lipinski definition) is 1. The Kier molecular flexibility index (Phi) is 4.06. The molecule has 1 aliphatic rings. The molecule has 1 heterocycles. The van der Waals surface area contributed by atoms with E-state index in [0.29, 0.717) is 12.0 Å². The molecule has 1 heteroatoms. The molecule has 2 unspecified atom stereocenters. The Morgan fingerprint density at radius 3 is 2.47 bits per heavy atom. The van der Waals surface area contributed by atoms with Gasteiger partial charge in [0, 0.05) is 12.6 Å². The Hall–Kier alpha value is -0.820. The molecule has 1 aromatic carbocycles. The fourth-order valence-corrected chi connectivity index (χ4v) is 3.01. The second-order valence-electron chi connectivity index (χ2n) is 7.59. The van der Waals surface area contributed by atoms with Crippen molar-refractivity contribution in [2.45, 2.75) is 65.3 Å². The van der Waals surface area contributed by atoms with Crippen LogP contribution in [0.1, 0.15) is 76.6 Å². The van der Waals surface area contributed by atoms with Gasteiger partial charge in [0.2, 0.25) is 0 Å². The molecule has 19 heavy (non-hydrogen) atoms. The van der Waals surface area contributed by atoms with E-state index in [1.807, 2.05) is 0 Å². The molecule has 2 atom stereocenters. The minimum absolute atomic E-state index is 0.234. The molecule has 1 nitrogen and oxygen atoms in total. The van der Waals surface area contributed by atoms with E-state index >= 15 is 0 Å². The normalized spacial score (nSPS) is 23.5. The minimum Gasteiger partial charge on any atom is -0.309 e. The van der Waals surface area contributed by atoms with Crippen molar-refractivity contribution < 1.29 is 0 Å². The van der Waals surface area contributed by atoms with Crippen LogP contribution < -0.4 is 5.32 Å². The van der Waals surface area contributed by atoms with Gasteiger partial charge in [0.15, 0.2) is 0 Å². The summed E-state index contributed by atoms with van der Waals surface area (Å²) in [6.07, 6.45) is 1.23. The van der Waals surface area contributed by atoms with Crippen LogP contribution in [0.25, 0.3) is 0 Å². The van der Waals surface area contributed by atoms with E-state index in [2.05, 4.69) is 65.1 Å². The maximum atomic E-state index is 3.74. The smallest absolute Gasteiger partial charge is 0.0325 e. The maximum absolute atomic E-state index is 3.74. The van der Waals surface area contributed by atoms with Gasteiger partial charge in [0.25, 0.3) is 0 Å². The van der Waals surface area contributed by atoms with Crippen molar-refractivity contribution in [3.63, 3.8) is 0 Å². The van der Waals surface area contributed by atoms with Gasteiger partial charge in [-0.3, -0.25) is 0 Å². The fourth-order valence-electron chi connectivity index (χ4n) is 3.01. The summed E-state index contributed by atoms with van der Waals surface area (Å²) in [5, 5.41) is 3.74. The van der Waals surface area contributed by atoms with Gasteiger partial charge in [-0.05, 0) is 40.4 Å². The first-order valence-electron chi connectivity index (χ1n) is 7.66. The number of fused-ring (bicyclic) bond motifs is 1. The SMILES string of the molecule is CC(C)CC1NCC(C)c2ccc(C(C)(C)C)cc21. The highest BCUT2D eigenvalue weighted by Gasteiger charge is 2.26. The summed E-state index contributed by atoms with van der Waals surface area (Å²) in [5.41, 5.74) is 4.78. The van der Waals surface area contributed by atoms with Crippen molar-refractivity contribution in [2.24, 2.45) is 5.92 Å². The molecule has 1 N–H and O–H groups in total. The molecule has 1 aromatic rings. The zero-order chi connectivity index (χ0) is 14.2. The van der Waals surface area contributed by atoms with Crippen LogP contribution in [0.4, 0.5) is 0 Å². The molecule has 0 amide bonds. The highest BCUT2D eigenvalue weighted by molar-refractivity contribution is 5.40. The van der Waals surface area contributed by atoms with Crippen molar-refractivity contribution in [3.05, 3.63) is 34.9 Å². The molecule has 0 fully saturated rings. The zero-order valence-corrected chi connectivity index (χ0v) is 13.4. The molecule has 0 spiro atoms. The van der Waals surface area contributed by atoms with Gasteiger partial charge in [-0.15, -0.1) is 0 Å². The third-order valence-electron chi connectivity index (χ3n) is 4.24. The molecule has 0 bridgehead atoms. The summed E-state index contributed by atoms with van der Waals surface area (Å²) in [6.45, 7) is 15.0. The topological polar surface area (TPSA) is 12.0 Å². The first-order chi connectivity index (χ1) is 8.79. The van der Waals surface area contributed by atoms with Crippen molar-refractivity contribution in [1.29, 1.82) is 0 Å². The van der Waals surface area contributed by atoms with Crippen LogP contribution in [0.2, 0.25) is 0 Å². The Bertz CT molecular complexity index is 439. The van der Waals surface area contributed by atoms with Gasteiger partial charge in [-0.1, -0.05) is 59.7 Å². The van der Waals surface area contributed by atoms with E-state index in [0.717, 1.165) is 12.5 Å². The van der Waals surface area contributed by atoms with Gasteiger partial charge >= 0.3 is 0 Å². The first kappa shape index (κ1) is 14.6. The Labute approximate surface area is 118 Å². The summed E-state index contributed by atoms with van der Waals surface area (Å²) in [4.78, 5) is 0. The Balaban J connectivity index is 2.41. The predicted molar refractivity (Wildman–Crippen MR) is 83.8 cm³/mol. The molecule has 0 saturated carbocycles. The van der Waals surface area contributed by atoms with Crippen LogP contribution in [-0.4, -0.2) is 6.54 Å². The van der Waals surface area contributed by atoms with E-state index < -0.39 is 0 Å². The van der Waals surface area contributed by atoms with Gasteiger partial charge in [-0.25, -0.2) is 0 Å². The van der Waals surface area contributed by atoms with Crippen molar-refractivity contribution in [2.75, 3.05) is 6.54 Å². The average Bonchev–Trinajstić information content (AvgIpc) is 2.31. The van der Waals surface area contributed by atoms with E-state index in [-0.39, 0.29) is 5.41 Å². The molecule has 0 radical (unpaired) electrons. The van der Waals surface area contributed by atoms with Gasteiger partial charge < -0.3 is 5.32 Å². The van der Waals surface area contributed by atoms with Gasteiger partial charge in [0.05, 0.1) is 0 Å². The molecule has 0 aromatic heterocycles. The highest BCUT2D eigenvalue weighted by atomic mass is 14.9. The van der Waals surface area contributed by atoms with Crippen LogP contribution in [0, 0.1) is 5.92 Å². The molecule has 0 aliphatic carbocycles. The lowest BCUT2D eigenvalue weighted by molar-refractivity contribution is 0.395. The van der Waals surface area contributed by atoms with E-state index in [1.165, 1.54) is 12.0 Å². The van der Waals surface area contributed by atoms with Crippen molar-refractivity contribution >= 4 is 0 Å². The lowest BCUT2D eigenvalue weighted by atomic mass is 9.79. The van der Waals surface area contributed by atoms with Crippen LogP contribution in [0.5, 0.6) is 0 Å². The summed E-state index contributed by atoms with van der Waals surface area (Å²) in [5.74, 6) is 1.37. The summed E-state index contributed by atoms with van der Waals surface area (Å²) < 4.78 is 0. The summed E-state index contributed by atoms with van der Waals surface area (Å²) in [7, 11) is 0. The van der Waals surface area contributed by atoms with Crippen LogP contribution >= 0.6 is 0 Å². The van der Waals surface area contributed by atoms with Gasteiger partial charge in [0.1, 0.15) is 0 Å². The van der Waals surface area contributed by atoms with Crippen LogP contribution in [0.3, 0.4) is 0 Å². The third kappa shape index (κ3) is 3.20. The number of nitrogens with one attached hydrogen (secondary N) is 1. The third-order valence-corrected chi connectivity index (χ3v) is 4.24. The largest absolute Gasteiger partial charge is 0.309 e. The fraction of sp³-hybridized carbons (Fsp3) is 0.667. The van der Waals surface area contributed by atoms with Crippen LogP contribution in [0.15, 0.2) is 18.2 Å². The number of hydrogen-bond acceptors (Lipinski definition) is 1. The van der Waals surface area contributed by atoms with Crippen molar-refractivity contribution in [1.82, 2.24) is 5.32 Å². The van der Waals surface area contributed by atoms with Crippen LogP contribution in [-0.2, 0) is 5.41 Å². The standard InChI is InChI=1S/C18H29N/c1-12(2)9-17-16-10-14(18(4,5)6)7-8-15(16)13(3)11-19-17/h7-8,10,12-13,17,19H,9,11H2,1-6H3. The summed E-state index contributed by atoms with van der Waals surface area (Å²) in [6, 6.07) is 7.68. The van der Waals surface area contributed by atoms with E-state index in [9.17, 15) is 0 Å². The highest BCUT2D eigenvalue weighted by Crippen LogP contribution is 2.36. The second-order valence-corrected chi connectivity index (χ2v) is 7.59. The molecule has 106 valence electrons. The molecular weight excluding hydrogens is 230 g/mol.